The van der Waals surface area contributed by atoms with Gasteiger partial charge in [-0.25, -0.2) is 0 Å². The van der Waals surface area contributed by atoms with Crippen LogP contribution in [0, 0.1) is 0 Å². The lowest BCUT2D eigenvalue weighted by Crippen LogP contribution is -2.13. The highest BCUT2D eigenvalue weighted by atomic mass is 35.5. The van der Waals surface area contributed by atoms with Crippen LogP contribution in [-0.4, -0.2) is 12.1 Å². The van der Waals surface area contributed by atoms with Crippen LogP contribution in [0.2, 0.25) is 4.34 Å². The van der Waals surface area contributed by atoms with Crippen LogP contribution in [0.4, 0.5) is 5.69 Å². The molecule has 0 spiro atoms. The molecule has 3 nitrogen and oxygen atoms in total. The molecular weight excluding hydrogens is 300 g/mol. The Morgan fingerprint density at radius 3 is 2.79 bits per heavy atom. The fraction of sp³-hybridized carbons (Fsp3) is 0.154. The van der Waals surface area contributed by atoms with Gasteiger partial charge in [-0.15, -0.1) is 11.3 Å². The van der Waals surface area contributed by atoms with Gasteiger partial charge in [-0.2, -0.15) is 0 Å². The summed E-state index contributed by atoms with van der Waals surface area (Å²) in [5.41, 5.74) is 7.37. The summed E-state index contributed by atoms with van der Waals surface area (Å²) in [6.45, 7) is 0.667. The summed E-state index contributed by atoms with van der Waals surface area (Å²) in [7, 11) is 1.62. The van der Waals surface area contributed by atoms with Gasteiger partial charge in [-0.05, 0) is 24.3 Å². The summed E-state index contributed by atoms with van der Waals surface area (Å²) in [5.74, 6) is 0.756. The van der Waals surface area contributed by atoms with Crippen LogP contribution in [0.1, 0.15) is 10.4 Å². The first-order chi connectivity index (χ1) is 9.10. The summed E-state index contributed by atoms with van der Waals surface area (Å²) in [4.78, 5) is 1.50. The van der Waals surface area contributed by atoms with Crippen molar-refractivity contribution < 1.29 is 4.74 Å². The van der Waals surface area contributed by atoms with E-state index in [1.807, 2.05) is 30.3 Å². The number of anilines is 1. The molecule has 2 rings (SSSR count). The van der Waals surface area contributed by atoms with Gasteiger partial charge < -0.3 is 15.8 Å². The minimum Gasteiger partial charge on any atom is -0.497 e. The predicted octanol–water partition coefficient (Wildman–Crippen LogP) is 3.66. The molecule has 0 aliphatic rings. The largest absolute Gasteiger partial charge is 0.497 e. The molecule has 1 heterocycles. The van der Waals surface area contributed by atoms with Gasteiger partial charge >= 0.3 is 0 Å². The summed E-state index contributed by atoms with van der Waals surface area (Å²) in [6, 6.07) is 9.43. The number of nitrogens with two attached hydrogens (primary N) is 1. The fourth-order valence-corrected chi connectivity index (χ4v) is 2.85. The molecule has 100 valence electrons. The zero-order valence-corrected chi connectivity index (χ0v) is 12.7. The molecule has 19 heavy (non-hydrogen) atoms. The van der Waals surface area contributed by atoms with E-state index in [2.05, 4.69) is 5.32 Å². The van der Waals surface area contributed by atoms with Crippen molar-refractivity contribution >= 4 is 45.8 Å². The number of thiocarbonyl (C=S) groups is 1. The first-order valence-corrected chi connectivity index (χ1v) is 7.16. The van der Waals surface area contributed by atoms with E-state index in [0.717, 1.165) is 26.2 Å². The molecule has 0 fully saturated rings. The molecule has 0 amide bonds. The minimum absolute atomic E-state index is 0.356. The van der Waals surface area contributed by atoms with Gasteiger partial charge in [0.1, 0.15) is 10.7 Å². The number of benzene rings is 1. The Kier molecular flexibility index (Phi) is 4.63. The number of thiophene rings is 1. The van der Waals surface area contributed by atoms with Gasteiger partial charge in [-0.1, -0.05) is 23.8 Å². The third-order valence-electron chi connectivity index (χ3n) is 2.57. The first-order valence-electron chi connectivity index (χ1n) is 5.56. The molecule has 0 aliphatic carbocycles. The number of hydrogen-bond acceptors (Lipinski definition) is 4. The van der Waals surface area contributed by atoms with E-state index in [-0.39, 0.29) is 0 Å². The van der Waals surface area contributed by atoms with E-state index in [4.69, 9.17) is 34.3 Å². The van der Waals surface area contributed by atoms with Gasteiger partial charge in [0, 0.05) is 28.7 Å². The Labute approximate surface area is 126 Å². The molecule has 1 aromatic carbocycles. The molecule has 0 radical (unpaired) electrons. The average Bonchev–Trinajstić information content (AvgIpc) is 2.81. The maximum absolute atomic E-state index is 5.90. The van der Waals surface area contributed by atoms with Gasteiger partial charge in [0.15, 0.2) is 0 Å². The Hall–Kier alpha value is -1.30. The fourth-order valence-electron chi connectivity index (χ4n) is 1.64. The first kappa shape index (κ1) is 14.1. The Balaban J connectivity index is 2.19. The van der Waals surface area contributed by atoms with E-state index in [0.29, 0.717) is 11.5 Å². The van der Waals surface area contributed by atoms with Crippen LogP contribution < -0.4 is 15.8 Å². The molecule has 0 saturated heterocycles. The van der Waals surface area contributed by atoms with Crippen molar-refractivity contribution in [1.29, 1.82) is 0 Å². The highest BCUT2D eigenvalue weighted by molar-refractivity contribution is 7.80. The normalized spacial score (nSPS) is 10.2. The third kappa shape index (κ3) is 3.59. The van der Waals surface area contributed by atoms with E-state index < -0.39 is 0 Å². The summed E-state index contributed by atoms with van der Waals surface area (Å²) in [6.07, 6.45) is 0. The van der Waals surface area contributed by atoms with Crippen molar-refractivity contribution in [3.05, 3.63) is 45.1 Å². The summed E-state index contributed by atoms with van der Waals surface area (Å²) < 4.78 is 5.98. The molecule has 0 atom stereocenters. The lowest BCUT2D eigenvalue weighted by molar-refractivity contribution is 0.415. The second-order valence-corrected chi connectivity index (χ2v) is 6.07. The molecule has 0 bridgehead atoms. The Bertz CT molecular complexity index is 598. The molecule has 0 unspecified atom stereocenters. The molecule has 3 N–H and O–H groups in total. The lowest BCUT2D eigenvalue weighted by Gasteiger charge is -2.12. The van der Waals surface area contributed by atoms with Crippen LogP contribution in [0.5, 0.6) is 5.75 Å². The van der Waals surface area contributed by atoms with Crippen molar-refractivity contribution in [2.24, 2.45) is 5.73 Å². The topological polar surface area (TPSA) is 47.3 Å². The second-order valence-electron chi connectivity index (χ2n) is 3.84. The number of nitrogens with one attached hydrogen (secondary N) is 1. The van der Waals surface area contributed by atoms with E-state index in [9.17, 15) is 0 Å². The van der Waals surface area contributed by atoms with Crippen molar-refractivity contribution in [1.82, 2.24) is 0 Å². The predicted molar refractivity (Wildman–Crippen MR) is 85.5 cm³/mol. The van der Waals surface area contributed by atoms with Crippen molar-refractivity contribution in [2.45, 2.75) is 6.54 Å². The zero-order chi connectivity index (χ0) is 13.8. The van der Waals surface area contributed by atoms with Gasteiger partial charge in [0.25, 0.3) is 0 Å². The van der Waals surface area contributed by atoms with Gasteiger partial charge in [-0.3, -0.25) is 0 Å². The molecule has 2 aromatic rings. The number of ether oxygens (including phenoxy) is 1. The molecule has 1 aromatic heterocycles. The lowest BCUT2D eigenvalue weighted by atomic mass is 10.1. The third-order valence-corrected chi connectivity index (χ3v) is 4.03. The van der Waals surface area contributed by atoms with E-state index in [1.165, 1.54) is 11.3 Å². The zero-order valence-electron chi connectivity index (χ0n) is 10.3. The SMILES string of the molecule is COc1ccc(C(N)=S)c(NCc2ccc(Cl)s2)c1. The van der Waals surface area contributed by atoms with E-state index in [1.54, 1.807) is 7.11 Å². The number of halogens is 1. The van der Waals surface area contributed by atoms with Crippen LogP contribution >= 0.6 is 35.2 Å². The molecular formula is C13H13ClN2OS2. The number of rotatable bonds is 5. The van der Waals surface area contributed by atoms with E-state index >= 15 is 0 Å². The minimum atomic E-state index is 0.356. The van der Waals surface area contributed by atoms with Crippen molar-refractivity contribution in [2.75, 3.05) is 12.4 Å². The van der Waals surface area contributed by atoms with Crippen LogP contribution in [0.3, 0.4) is 0 Å². The monoisotopic (exact) mass is 312 g/mol. The quantitative estimate of drug-likeness (QED) is 0.827. The standard InChI is InChI=1S/C13H13ClN2OS2/c1-17-8-2-4-10(13(15)18)11(6-8)16-7-9-3-5-12(14)19-9/h2-6,16H,7H2,1H3,(H2,15,18). The molecule has 0 saturated carbocycles. The van der Waals surface area contributed by atoms with Crippen LogP contribution in [0.25, 0.3) is 0 Å². The van der Waals surface area contributed by atoms with Gasteiger partial charge in [0.05, 0.1) is 11.4 Å². The highest BCUT2D eigenvalue weighted by Gasteiger charge is 2.07. The average molecular weight is 313 g/mol. The summed E-state index contributed by atoms with van der Waals surface area (Å²) >= 11 is 12.5. The second kappa shape index (κ2) is 6.23. The number of methoxy groups -OCH3 is 1. The van der Waals surface area contributed by atoms with Crippen LogP contribution in [-0.2, 0) is 6.54 Å². The number of hydrogen-bond donors (Lipinski definition) is 2. The maximum atomic E-state index is 5.90. The maximum Gasteiger partial charge on any atom is 0.120 e. The highest BCUT2D eigenvalue weighted by Crippen LogP contribution is 2.25. The summed E-state index contributed by atoms with van der Waals surface area (Å²) in [5, 5.41) is 3.30. The van der Waals surface area contributed by atoms with Crippen molar-refractivity contribution in [3.63, 3.8) is 0 Å². The van der Waals surface area contributed by atoms with Crippen molar-refractivity contribution in [3.8, 4) is 5.75 Å². The molecule has 0 aliphatic heterocycles. The van der Waals surface area contributed by atoms with Gasteiger partial charge in [0.2, 0.25) is 0 Å². The van der Waals surface area contributed by atoms with Crippen LogP contribution in [0.15, 0.2) is 30.3 Å². The Morgan fingerprint density at radius 1 is 1.42 bits per heavy atom. The molecule has 6 heteroatoms. The smallest absolute Gasteiger partial charge is 0.120 e. The Morgan fingerprint density at radius 2 is 2.21 bits per heavy atom.